The standard InChI is InChI=1S/C23H14OS/c24-14-18-4-1-2-7-20(18)25-21-13-11-17-9-8-15-5-3-6-16-10-12-19(21)23(17)22(15)16/h1-14H. The summed E-state index contributed by atoms with van der Waals surface area (Å²) < 4.78 is 0. The second kappa shape index (κ2) is 5.61. The zero-order valence-electron chi connectivity index (χ0n) is 13.4. The van der Waals surface area contributed by atoms with Gasteiger partial charge in [0.1, 0.15) is 0 Å². The van der Waals surface area contributed by atoms with Gasteiger partial charge in [-0.1, -0.05) is 78.5 Å². The first kappa shape index (κ1) is 14.5. The molecule has 5 aromatic carbocycles. The average Bonchev–Trinajstić information content (AvgIpc) is 2.67. The van der Waals surface area contributed by atoms with Crippen LogP contribution in [0.25, 0.3) is 32.3 Å². The molecule has 5 aromatic rings. The van der Waals surface area contributed by atoms with Crippen LogP contribution in [0.1, 0.15) is 10.4 Å². The molecule has 0 radical (unpaired) electrons. The Hall–Kier alpha value is -2.84. The molecule has 0 spiro atoms. The molecule has 118 valence electrons. The van der Waals surface area contributed by atoms with Crippen LogP contribution >= 0.6 is 11.8 Å². The maximum atomic E-state index is 11.3. The van der Waals surface area contributed by atoms with Gasteiger partial charge in [-0.05, 0) is 44.5 Å². The number of carbonyl (C=O) groups is 1. The average molecular weight is 338 g/mol. The lowest BCUT2D eigenvalue weighted by Crippen LogP contribution is -1.87. The van der Waals surface area contributed by atoms with Gasteiger partial charge in [0.15, 0.2) is 6.29 Å². The third kappa shape index (κ3) is 2.22. The fourth-order valence-electron chi connectivity index (χ4n) is 3.59. The van der Waals surface area contributed by atoms with Crippen molar-refractivity contribution in [1.29, 1.82) is 0 Å². The van der Waals surface area contributed by atoms with Gasteiger partial charge < -0.3 is 0 Å². The van der Waals surface area contributed by atoms with Crippen LogP contribution in [0.5, 0.6) is 0 Å². The molecular formula is C23H14OS. The van der Waals surface area contributed by atoms with E-state index in [9.17, 15) is 4.79 Å². The first-order valence-corrected chi connectivity index (χ1v) is 9.05. The molecule has 0 unspecified atom stereocenters. The predicted molar refractivity (Wildman–Crippen MR) is 106 cm³/mol. The van der Waals surface area contributed by atoms with Crippen LogP contribution in [0.4, 0.5) is 0 Å². The first-order chi connectivity index (χ1) is 12.3. The van der Waals surface area contributed by atoms with Gasteiger partial charge in [0.05, 0.1) is 0 Å². The molecule has 0 aliphatic carbocycles. The largest absolute Gasteiger partial charge is 0.298 e. The number of aldehydes is 1. The summed E-state index contributed by atoms with van der Waals surface area (Å²) in [6, 6.07) is 27.3. The lowest BCUT2D eigenvalue weighted by molar-refractivity contribution is 0.112. The van der Waals surface area contributed by atoms with Crippen molar-refractivity contribution < 1.29 is 4.79 Å². The van der Waals surface area contributed by atoms with Gasteiger partial charge in [-0.3, -0.25) is 4.79 Å². The lowest BCUT2D eigenvalue weighted by atomic mass is 9.94. The maximum absolute atomic E-state index is 11.3. The van der Waals surface area contributed by atoms with E-state index in [0.29, 0.717) is 0 Å². The molecule has 0 saturated carbocycles. The summed E-state index contributed by atoms with van der Waals surface area (Å²) >= 11 is 1.66. The number of hydrogen-bond acceptors (Lipinski definition) is 2. The second-order valence-electron chi connectivity index (χ2n) is 6.18. The lowest BCUT2D eigenvalue weighted by Gasteiger charge is -2.14. The van der Waals surface area contributed by atoms with Crippen molar-refractivity contribution in [1.82, 2.24) is 0 Å². The van der Waals surface area contributed by atoms with E-state index in [4.69, 9.17) is 0 Å². The van der Waals surface area contributed by atoms with E-state index in [1.54, 1.807) is 11.8 Å². The van der Waals surface area contributed by atoms with E-state index in [2.05, 4.69) is 54.6 Å². The Kier molecular flexibility index (Phi) is 3.25. The fourth-order valence-corrected chi connectivity index (χ4v) is 4.62. The van der Waals surface area contributed by atoms with Crippen LogP contribution in [-0.2, 0) is 0 Å². The molecule has 1 nitrogen and oxygen atoms in total. The van der Waals surface area contributed by atoms with E-state index in [0.717, 1.165) is 16.7 Å². The van der Waals surface area contributed by atoms with E-state index in [1.165, 1.54) is 37.2 Å². The van der Waals surface area contributed by atoms with Crippen molar-refractivity contribution in [2.45, 2.75) is 9.79 Å². The van der Waals surface area contributed by atoms with Crippen LogP contribution < -0.4 is 0 Å². The monoisotopic (exact) mass is 338 g/mol. The highest BCUT2D eigenvalue weighted by molar-refractivity contribution is 7.99. The zero-order chi connectivity index (χ0) is 16.8. The van der Waals surface area contributed by atoms with Crippen LogP contribution in [0.15, 0.2) is 88.7 Å². The third-order valence-corrected chi connectivity index (χ3v) is 5.92. The second-order valence-corrected chi connectivity index (χ2v) is 7.26. The molecule has 25 heavy (non-hydrogen) atoms. The van der Waals surface area contributed by atoms with Gasteiger partial charge in [-0.2, -0.15) is 0 Å². The quantitative estimate of drug-likeness (QED) is 0.274. The molecule has 0 N–H and O–H groups in total. The summed E-state index contributed by atoms with van der Waals surface area (Å²) in [5, 5.41) is 7.67. The molecule has 0 atom stereocenters. The van der Waals surface area contributed by atoms with Gasteiger partial charge in [-0.25, -0.2) is 0 Å². The molecule has 2 heteroatoms. The minimum absolute atomic E-state index is 0.734. The van der Waals surface area contributed by atoms with E-state index < -0.39 is 0 Å². The van der Waals surface area contributed by atoms with Crippen molar-refractivity contribution in [2.75, 3.05) is 0 Å². The highest BCUT2D eigenvalue weighted by Crippen LogP contribution is 2.41. The minimum Gasteiger partial charge on any atom is -0.298 e. The van der Waals surface area contributed by atoms with Crippen molar-refractivity contribution >= 4 is 50.4 Å². The molecular weight excluding hydrogens is 324 g/mol. The summed E-state index contributed by atoms with van der Waals surface area (Å²) in [5.41, 5.74) is 0.734. The van der Waals surface area contributed by atoms with Crippen molar-refractivity contribution in [3.63, 3.8) is 0 Å². The molecule has 0 saturated heterocycles. The topological polar surface area (TPSA) is 17.1 Å². The zero-order valence-corrected chi connectivity index (χ0v) is 14.2. The molecule has 0 aliphatic heterocycles. The van der Waals surface area contributed by atoms with Crippen LogP contribution in [0.3, 0.4) is 0 Å². The molecule has 0 fully saturated rings. The van der Waals surface area contributed by atoms with Gasteiger partial charge >= 0.3 is 0 Å². The van der Waals surface area contributed by atoms with Crippen molar-refractivity contribution in [2.24, 2.45) is 0 Å². The SMILES string of the molecule is O=Cc1ccccc1Sc1ccc2ccc3cccc4ccc1c2c34. The summed E-state index contributed by atoms with van der Waals surface area (Å²) in [5.74, 6) is 0. The van der Waals surface area contributed by atoms with E-state index in [1.807, 2.05) is 24.3 Å². The normalized spacial score (nSPS) is 11.5. The van der Waals surface area contributed by atoms with Gasteiger partial charge in [0, 0.05) is 15.4 Å². The Morgan fingerprint density at radius 1 is 0.600 bits per heavy atom. The summed E-state index contributed by atoms with van der Waals surface area (Å²) in [4.78, 5) is 13.5. The maximum Gasteiger partial charge on any atom is 0.151 e. The van der Waals surface area contributed by atoms with Gasteiger partial charge in [0.2, 0.25) is 0 Å². The molecule has 0 amide bonds. The Labute approximate surface area is 149 Å². The molecule has 0 bridgehead atoms. The van der Waals surface area contributed by atoms with Crippen LogP contribution in [0.2, 0.25) is 0 Å². The summed E-state index contributed by atoms with van der Waals surface area (Å²) in [6.07, 6.45) is 0.929. The summed E-state index contributed by atoms with van der Waals surface area (Å²) in [6.45, 7) is 0. The molecule has 5 rings (SSSR count). The number of rotatable bonds is 3. The number of carbonyl (C=O) groups excluding carboxylic acids is 1. The number of benzene rings is 5. The highest BCUT2D eigenvalue weighted by Gasteiger charge is 2.12. The predicted octanol–water partition coefficient (Wildman–Crippen LogP) is 6.55. The van der Waals surface area contributed by atoms with E-state index >= 15 is 0 Å². The van der Waals surface area contributed by atoms with Crippen LogP contribution in [0, 0.1) is 0 Å². The third-order valence-electron chi connectivity index (χ3n) is 4.75. The Bertz CT molecular complexity index is 1220. The van der Waals surface area contributed by atoms with Gasteiger partial charge in [0.25, 0.3) is 0 Å². The number of hydrogen-bond donors (Lipinski definition) is 0. The van der Waals surface area contributed by atoms with Crippen molar-refractivity contribution in [3.05, 3.63) is 84.4 Å². The van der Waals surface area contributed by atoms with Crippen LogP contribution in [-0.4, -0.2) is 6.29 Å². The Morgan fingerprint density at radius 3 is 2.08 bits per heavy atom. The molecule has 0 aliphatic rings. The summed E-state index contributed by atoms with van der Waals surface area (Å²) in [7, 11) is 0. The molecule has 0 heterocycles. The first-order valence-electron chi connectivity index (χ1n) is 8.24. The van der Waals surface area contributed by atoms with Gasteiger partial charge in [-0.15, -0.1) is 0 Å². The Balaban J connectivity index is 1.80. The highest BCUT2D eigenvalue weighted by atomic mass is 32.2. The van der Waals surface area contributed by atoms with Crippen molar-refractivity contribution in [3.8, 4) is 0 Å². The fraction of sp³-hybridized carbons (Fsp3) is 0. The minimum atomic E-state index is 0.734. The smallest absolute Gasteiger partial charge is 0.151 e. The van der Waals surface area contributed by atoms with E-state index in [-0.39, 0.29) is 0 Å². The molecule has 0 aromatic heterocycles. The Morgan fingerprint density at radius 2 is 1.28 bits per heavy atom.